The van der Waals surface area contributed by atoms with E-state index in [1.807, 2.05) is 36.4 Å². The quantitative estimate of drug-likeness (QED) is 0.117. The molecule has 2 aromatic rings. The number of likely N-dealkylation sites (tertiary alicyclic amines) is 1. The van der Waals surface area contributed by atoms with E-state index in [4.69, 9.17) is 38.8 Å². The van der Waals surface area contributed by atoms with Gasteiger partial charge in [0.1, 0.15) is 24.1 Å². The molecule has 2 heterocycles. The Balaban J connectivity index is 1.48. The highest BCUT2D eigenvalue weighted by atomic mass is 17.1. The smallest absolute Gasteiger partial charge is 0.410 e. The highest BCUT2D eigenvalue weighted by molar-refractivity contribution is 5.82. The van der Waals surface area contributed by atoms with E-state index < -0.39 is 24.2 Å². The zero-order valence-electron chi connectivity index (χ0n) is 28.8. The number of piperidine rings is 1. The van der Waals surface area contributed by atoms with Gasteiger partial charge in [0.15, 0.2) is 0 Å². The van der Waals surface area contributed by atoms with Crippen molar-refractivity contribution in [1.82, 2.24) is 10.3 Å². The molecule has 3 atom stereocenters. The SMILES string of the molecule is CCOC(=O)C1CC(c2ccc(OC)cc2)C(OCc2ccc3c(c2)N(CCCOC)CCO3)CN1C(=O)OCCCCCCON(O)O. The standard InChI is InChI=1S/C35H51N3O11/c1-4-45-34(39)31-23-29(27-11-13-28(44-3)14-12-27)33(24-37(31)35(40)47-19-7-5-6-8-20-49-38(41)42)48-25-26-10-15-32-30(22-26)36(17-21-46-32)16-9-18-43-2/h10-15,22,29,31,33,41-42H,4-9,16-21,23-25H2,1-3H3. The van der Waals surface area contributed by atoms with Gasteiger partial charge in [0, 0.05) is 26.2 Å². The highest BCUT2D eigenvalue weighted by Gasteiger charge is 2.44. The Morgan fingerprint density at radius 3 is 2.45 bits per heavy atom. The topological polar surface area (TPSA) is 149 Å². The minimum atomic E-state index is -0.849. The molecule has 0 spiro atoms. The van der Waals surface area contributed by atoms with E-state index in [2.05, 4.69) is 15.8 Å². The van der Waals surface area contributed by atoms with Gasteiger partial charge in [0.2, 0.25) is 0 Å². The number of methoxy groups -OCH3 is 2. The van der Waals surface area contributed by atoms with E-state index in [0.29, 0.717) is 38.2 Å². The number of fused-ring (bicyclic) bond motifs is 1. The van der Waals surface area contributed by atoms with Crippen molar-refractivity contribution in [3.63, 3.8) is 0 Å². The van der Waals surface area contributed by atoms with Crippen molar-refractivity contribution >= 4 is 17.7 Å². The molecule has 0 radical (unpaired) electrons. The summed E-state index contributed by atoms with van der Waals surface area (Å²) in [5.74, 6) is 0.850. The van der Waals surface area contributed by atoms with Crippen LogP contribution < -0.4 is 14.4 Å². The van der Waals surface area contributed by atoms with Crippen molar-refractivity contribution in [2.24, 2.45) is 0 Å². The minimum Gasteiger partial charge on any atom is -0.497 e. The zero-order chi connectivity index (χ0) is 35.0. The molecule has 2 N–H and O–H groups in total. The van der Waals surface area contributed by atoms with Crippen LogP contribution in [-0.4, -0.2) is 112 Å². The molecule has 14 nitrogen and oxygen atoms in total. The molecular weight excluding hydrogens is 638 g/mol. The number of amides is 1. The van der Waals surface area contributed by atoms with Crippen molar-refractivity contribution in [3.8, 4) is 11.5 Å². The molecule has 1 saturated heterocycles. The second-order valence-corrected chi connectivity index (χ2v) is 12.0. The molecule has 1 fully saturated rings. The summed E-state index contributed by atoms with van der Waals surface area (Å²) < 4.78 is 34.2. The molecule has 0 bridgehead atoms. The summed E-state index contributed by atoms with van der Waals surface area (Å²) in [6.45, 7) is 5.61. The molecule has 0 aromatic heterocycles. The van der Waals surface area contributed by atoms with Crippen LogP contribution in [0.1, 0.15) is 62.5 Å². The Labute approximate surface area is 288 Å². The number of benzene rings is 2. The van der Waals surface area contributed by atoms with Crippen molar-refractivity contribution in [1.29, 1.82) is 0 Å². The molecule has 0 saturated carbocycles. The fraction of sp³-hybridized carbons (Fsp3) is 0.600. The number of anilines is 1. The van der Waals surface area contributed by atoms with Gasteiger partial charge in [0.25, 0.3) is 0 Å². The molecule has 49 heavy (non-hydrogen) atoms. The average molecular weight is 690 g/mol. The normalized spacial score (nSPS) is 18.9. The lowest BCUT2D eigenvalue weighted by atomic mass is 9.83. The first-order valence-corrected chi connectivity index (χ1v) is 17.0. The summed E-state index contributed by atoms with van der Waals surface area (Å²) in [7, 11) is 3.31. The van der Waals surface area contributed by atoms with Crippen LogP contribution in [0.25, 0.3) is 0 Å². The van der Waals surface area contributed by atoms with Gasteiger partial charge in [0.05, 0.1) is 63.8 Å². The summed E-state index contributed by atoms with van der Waals surface area (Å²) in [5, 5.41) is 16.9. The van der Waals surface area contributed by atoms with E-state index in [-0.39, 0.29) is 44.3 Å². The fourth-order valence-electron chi connectivity index (χ4n) is 6.19. The Hall–Kier alpha value is -3.66. The van der Waals surface area contributed by atoms with Crippen LogP contribution in [0.2, 0.25) is 0 Å². The first kappa shape index (κ1) is 38.1. The Morgan fingerprint density at radius 1 is 0.959 bits per heavy atom. The highest BCUT2D eigenvalue weighted by Crippen LogP contribution is 2.37. The number of ether oxygens (including phenoxy) is 6. The summed E-state index contributed by atoms with van der Waals surface area (Å²) in [6.07, 6.45) is 2.85. The Bertz CT molecular complexity index is 1300. The molecule has 2 aliphatic heterocycles. The number of carbonyl (C=O) groups is 2. The van der Waals surface area contributed by atoms with Crippen molar-refractivity contribution in [2.75, 3.05) is 71.8 Å². The number of esters is 1. The maximum atomic E-state index is 13.5. The molecule has 3 unspecified atom stereocenters. The van der Waals surface area contributed by atoms with Crippen LogP contribution in [0.15, 0.2) is 42.5 Å². The van der Waals surface area contributed by atoms with E-state index >= 15 is 0 Å². The van der Waals surface area contributed by atoms with E-state index in [9.17, 15) is 9.59 Å². The third-order valence-electron chi connectivity index (χ3n) is 8.71. The van der Waals surface area contributed by atoms with Gasteiger partial charge in [-0.1, -0.05) is 24.6 Å². The number of unbranched alkanes of at least 4 members (excludes halogenated alkanes) is 3. The Kier molecular flexibility index (Phi) is 15.7. The molecule has 4 rings (SSSR count). The number of rotatable bonds is 19. The lowest BCUT2D eigenvalue weighted by molar-refractivity contribution is -0.492. The monoisotopic (exact) mass is 689 g/mol. The van der Waals surface area contributed by atoms with E-state index in [0.717, 1.165) is 54.9 Å². The predicted octanol–water partition coefficient (Wildman–Crippen LogP) is 4.95. The minimum absolute atomic E-state index is 0.131. The summed E-state index contributed by atoms with van der Waals surface area (Å²) in [4.78, 5) is 35.0. The van der Waals surface area contributed by atoms with E-state index in [1.54, 1.807) is 21.1 Å². The third-order valence-corrected chi connectivity index (χ3v) is 8.71. The maximum absolute atomic E-state index is 13.5. The first-order valence-electron chi connectivity index (χ1n) is 17.0. The third kappa shape index (κ3) is 11.4. The average Bonchev–Trinajstić information content (AvgIpc) is 3.11. The molecular formula is C35H51N3O11. The van der Waals surface area contributed by atoms with Crippen molar-refractivity contribution in [3.05, 3.63) is 53.6 Å². The molecule has 14 heteroatoms. The molecule has 2 aromatic carbocycles. The lowest BCUT2D eigenvalue weighted by Crippen LogP contribution is -2.56. The van der Waals surface area contributed by atoms with Gasteiger partial charge < -0.3 is 33.3 Å². The van der Waals surface area contributed by atoms with Gasteiger partial charge in [-0.25, -0.2) is 9.59 Å². The van der Waals surface area contributed by atoms with Crippen LogP contribution in [0.5, 0.6) is 11.5 Å². The van der Waals surface area contributed by atoms with Crippen LogP contribution in [0.4, 0.5) is 10.5 Å². The first-order chi connectivity index (χ1) is 23.8. The Morgan fingerprint density at radius 2 is 1.73 bits per heavy atom. The summed E-state index contributed by atoms with van der Waals surface area (Å²) in [6, 6.07) is 12.9. The number of nitrogens with zero attached hydrogens (tertiary/aromatic N) is 3. The summed E-state index contributed by atoms with van der Waals surface area (Å²) in [5.41, 5.74) is 2.95. The van der Waals surface area contributed by atoms with Crippen molar-refractivity contribution < 1.29 is 53.3 Å². The van der Waals surface area contributed by atoms with Crippen LogP contribution in [0, 0.1) is 0 Å². The van der Waals surface area contributed by atoms with Crippen LogP contribution >= 0.6 is 0 Å². The van der Waals surface area contributed by atoms with E-state index in [1.165, 1.54) is 4.90 Å². The maximum Gasteiger partial charge on any atom is 0.410 e. The number of carbonyl (C=O) groups excluding carboxylic acids is 2. The predicted molar refractivity (Wildman–Crippen MR) is 178 cm³/mol. The largest absolute Gasteiger partial charge is 0.497 e. The molecule has 2 aliphatic rings. The van der Waals surface area contributed by atoms with Crippen LogP contribution in [-0.2, 0) is 35.2 Å². The van der Waals surface area contributed by atoms with Gasteiger partial charge in [-0.2, -0.15) is 0 Å². The molecule has 1 amide bonds. The number of hydrogen-bond donors (Lipinski definition) is 2. The van der Waals surface area contributed by atoms with Gasteiger partial charge >= 0.3 is 12.1 Å². The summed E-state index contributed by atoms with van der Waals surface area (Å²) >= 11 is 0. The second-order valence-electron chi connectivity index (χ2n) is 12.0. The lowest BCUT2D eigenvalue weighted by Gasteiger charge is -2.42. The van der Waals surface area contributed by atoms with Crippen LogP contribution in [0.3, 0.4) is 0 Å². The van der Waals surface area contributed by atoms with Crippen molar-refractivity contribution in [2.45, 2.75) is 70.1 Å². The molecule has 0 aliphatic carbocycles. The zero-order valence-corrected chi connectivity index (χ0v) is 28.8. The van der Waals surface area contributed by atoms with Gasteiger partial charge in [-0.15, -0.1) is 0 Å². The molecule has 272 valence electrons. The van der Waals surface area contributed by atoms with Gasteiger partial charge in [-0.05, 0) is 74.4 Å². The van der Waals surface area contributed by atoms with Gasteiger partial charge in [-0.3, -0.25) is 20.2 Å². The number of hydrogen-bond acceptors (Lipinski definition) is 13. The fourth-order valence-corrected chi connectivity index (χ4v) is 6.19. The second kappa shape index (κ2) is 20.1.